The maximum absolute atomic E-state index is 5.54. The molecule has 2 aromatic heterocycles. The summed E-state index contributed by atoms with van der Waals surface area (Å²) < 4.78 is 0. The third-order valence-corrected chi connectivity index (χ3v) is 3.94. The summed E-state index contributed by atoms with van der Waals surface area (Å²) in [6.45, 7) is 2.00. The molecule has 2 heterocycles. The van der Waals surface area contributed by atoms with Crippen LogP contribution in [-0.2, 0) is 19.3 Å². The summed E-state index contributed by atoms with van der Waals surface area (Å²) in [4.78, 5) is 13.6. The molecule has 3 rings (SSSR count). The van der Waals surface area contributed by atoms with Gasteiger partial charge < -0.3 is 5.43 Å². The minimum absolute atomic E-state index is 0.673. The molecule has 18 heavy (non-hydrogen) atoms. The number of hydrogen-bond donors (Lipinski definition) is 2. The minimum atomic E-state index is 0.673. The summed E-state index contributed by atoms with van der Waals surface area (Å²) in [6, 6.07) is 0. The minimum Gasteiger partial charge on any atom is -0.308 e. The van der Waals surface area contributed by atoms with Crippen LogP contribution < -0.4 is 11.3 Å². The average molecular weight is 261 g/mol. The predicted octanol–water partition coefficient (Wildman–Crippen LogP) is 1.61. The molecule has 0 unspecified atom stereocenters. The summed E-state index contributed by atoms with van der Waals surface area (Å²) in [5, 5.41) is 3.13. The summed E-state index contributed by atoms with van der Waals surface area (Å²) in [7, 11) is 0. The van der Waals surface area contributed by atoms with Gasteiger partial charge in [0.2, 0.25) is 0 Å². The maximum atomic E-state index is 5.54. The van der Waals surface area contributed by atoms with E-state index in [2.05, 4.69) is 25.8 Å². The monoisotopic (exact) mass is 261 g/mol. The van der Waals surface area contributed by atoms with Crippen LogP contribution in [0.3, 0.4) is 0 Å². The number of aromatic nitrogens is 3. The molecule has 3 N–H and O–H groups in total. The number of nitrogens with zero attached hydrogens (tertiary/aromatic N) is 3. The molecule has 0 spiro atoms. The van der Waals surface area contributed by atoms with Crippen molar-refractivity contribution in [2.24, 2.45) is 5.84 Å². The lowest BCUT2D eigenvalue weighted by molar-refractivity contribution is 0.879. The smallest absolute Gasteiger partial charge is 0.147 e. The number of hydrogen-bond acceptors (Lipinski definition) is 6. The number of thiazole rings is 1. The molecule has 94 valence electrons. The number of anilines is 1. The van der Waals surface area contributed by atoms with E-state index in [1.54, 1.807) is 11.3 Å². The summed E-state index contributed by atoms with van der Waals surface area (Å²) in [5.41, 5.74) is 6.03. The highest BCUT2D eigenvalue weighted by molar-refractivity contribution is 7.09. The molecule has 0 aromatic carbocycles. The van der Waals surface area contributed by atoms with E-state index in [-0.39, 0.29) is 0 Å². The second-order valence-electron chi connectivity index (χ2n) is 4.45. The fraction of sp³-hybridized carbons (Fsp3) is 0.417. The van der Waals surface area contributed by atoms with Crippen molar-refractivity contribution in [3.8, 4) is 0 Å². The number of nitrogens with two attached hydrogens (primary N) is 1. The quantitative estimate of drug-likeness (QED) is 0.648. The van der Waals surface area contributed by atoms with Crippen molar-refractivity contribution in [2.45, 2.75) is 32.6 Å². The van der Waals surface area contributed by atoms with Gasteiger partial charge in [-0.15, -0.1) is 11.3 Å². The first-order chi connectivity index (χ1) is 8.76. The van der Waals surface area contributed by atoms with Crippen molar-refractivity contribution in [1.82, 2.24) is 15.0 Å². The highest BCUT2D eigenvalue weighted by Gasteiger charge is 2.19. The average Bonchev–Trinajstić information content (AvgIpc) is 2.97. The molecule has 5 nitrogen and oxygen atoms in total. The third kappa shape index (κ3) is 2.09. The molecular weight excluding hydrogens is 246 g/mol. The van der Waals surface area contributed by atoms with Gasteiger partial charge in [0, 0.05) is 16.6 Å². The SMILES string of the molecule is Cc1nc(Cc2nc3c(c(NN)n2)CCC3)cs1. The Hall–Kier alpha value is -1.53. The fourth-order valence-electron chi connectivity index (χ4n) is 2.33. The number of rotatable bonds is 3. The first kappa shape index (κ1) is 11.6. The molecule has 0 aliphatic heterocycles. The van der Waals surface area contributed by atoms with Gasteiger partial charge in [0.25, 0.3) is 0 Å². The molecule has 0 radical (unpaired) electrons. The van der Waals surface area contributed by atoms with E-state index in [4.69, 9.17) is 5.84 Å². The third-order valence-electron chi connectivity index (χ3n) is 3.12. The van der Waals surface area contributed by atoms with Crippen molar-refractivity contribution in [2.75, 3.05) is 5.43 Å². The van der Waals surface area contributed by atoms with E-state index in [0.717, 1.165) is 47.3 Å². The molecule has 1 aliphatic carbocycles. The van der Waals surface area contributed by atoms with E-state index in [1.807, 2.05) is 6.92 Å². The van der Waals surface area contributed by atoms with Crippen molar-refractivity contribution in [1.29, 1.82) is 0 Å². The largest absolute Gasteiger partial charge is 0.308 e. The molecule has 2 aromatic rings. The Labute approximate surface area is 109 Å². The second kappa shape index (κ2) is 4.62. The number of hydrazine groups is 1. The number of fused-ring (bicyclic) bond motifs is 1. The summed E-state index contributed by atoms with van der Waals surface area (Å²) in [6.07, 6.45) is 3.85. The first-order valence-corrected chi connectivity index (χ1v) is 6.90. The Balaban J connectivity index is 1.93. The van der Waals surface area contributed by atoms with Crippen molar-refractivity contribution >= 4 is 17.2 Å². The topological polar surface area (TPSA) is 76.7 Å². The molecule has 0 saturated heterocycles. The van der Waals surface area contributed by atoms with Crippen LogP contribution in [0.25, 0.3) is 0 Å². The molecule has 1 aliphatic rings. The van der Waals surface area contributed by atoms with E-state index in [9.17, 15) is 0 Å². The van der Waals surface area contributed by atoms with Crippen LogP contribution in [0, 0.1) is 6.92 Å². The van der Waals surface area contributed by atoms with Crippen LogP contribution in [0.2, 0.25) is 0 Å². The van der Waals surface area contributed by atoms with Gasteiger partial charge >= 0.3 is 0 Å². The van der Waals surface area contributed by atoms with Crippen molar-refractivity contribution in [3.63, 3.8) is 0 Å². The molecule has 6 heteroatoms. The lowest BCUT2D eigenvalue weighted by Crippen LogP contribution is -2.14. The van der Waals surface area contributed by atoms with Crippen molar-refractivity contribution in [3.05, 3.63) is 33.2 Å². The number of nitrogens with one attached hydrogen (secondary N) is 1. The van der Waals surface area contributed by atoms with E-state index < -0.39 is 0 Å². The zero-order valence-corrected chi connectivity index (χ0v) is 11.0. The van der Waals surface area contributed by atoms with Gasteiger partial charge in [0.05, 0.1) is 17.1 Å². The van der Waals surface area contributed by atoms with Gasteiger partial charge in [-0.2, -0.15) is 0 Å². The van der Waals surface area contributed by atoms with Crippen LogP contribution in [0.5, 0.6) is 0 Å². The maximum Gasteiger partial charge on any atom is 0.147 e. The van der Waals surface area contributed by atoms with E-state index in [0.29, 0.717) is 6.42 Å². The molecule has 0 amide bonds. The lowest BCUT2D eigenvalue weighted by Gasteiger charge is -2.08. The van der Waals surface area contributed by atoms with Gasteiger partial charge in [-0.05, 0) is 26.2 Å². The van der Waals surface area contributed by atoms with E-state index in [1.165, 1.54) is 5.56 Å². The molecule has 0 atom stereocenters. The van der Waals surface area contributed by atoms with E-state index >= 15 is 0 Å². The lowest BCUT2D eigenvalue weighted by atomic mass is 10.2. The van der Waals surface area contributed by atoms with Crippen LogP contribution in [-0.4, -0.2) is 15.0 Å². The van der Waals surface area contributed by atoms with Gasteiger partial charge in [-0.1, -0.05) is 0 Å². The van der Waals surface area contributed by atoms with Crippen LogP contribution in [0.4, 0.5) is 5.82 Å². The summed E-state index contributed by atoms with van der Waals surface area (Å²) >= 11 is 1.65. The van der Waals surface area contributed by atoms with Crippen LogP contribution in [0.1, 0.15) is 34.2 Å². The van der Waals surface area contributed by atoms with Gasteiger partial charge in [0.1, 0.15) is 11.6 Å². The number of aryl methyl sites for hydroxylation is 2. The Morgan fingerprint density at radius 3 is 2.94 bits per heavy atom. The predicted molar refractivity (Wildman–Crippen MR) is 71.5 cm³/mol. The Morgan fingerprint density at radius 1 is 1.33 bits per heavy atom. The molecular formula is C12H15N5S. The van der Waals surface area contributed by atoms with Crippen molar-refractivity contribution < 1.29 is 0 Å². The fourth-order valence-corrected chi connectivity index (χ4v) is 2.95. The highest BCUT2D eigenvalue weighted by Crippen LogP contribution is 2.26. The summed E-state index contributed by atoms with van der Waals surface area (Å²) in [5.74, 6) is 7.11. The van der Waals surface area contributed by atoms with Crippen LogP contribution >= 0.6 is 11.3 Å². The van der Waals surface area contributed by atoms with Gasteiger partial charge in [0.15, 0.2) is 0 Å². The molecule has 0 saturated carbocycles. The first-order valence-electron chi connectivity index (χ1n) is 6.02. The molecule has 0 bridgehead atoms. The Morgan fingerprint density at radius 2 is 2.22 bits per heavy atom. The second-order valence-corrected chi connectivity index (χ2v) is 5.51. The Bertz CT molecular complexity index is 578. The zero-order valence-electron chi connectivity index (χ0n) is 10.2. The highest BCUT2D eigenvalue weighted by atomic mass is 32.1. The molecule has 0 fully saturated rings. The standard InChI is InChI=1S/C12H15N5S/c1-7-14-8(6-18-7)5-11-15-10-4-2-3-9(10)12(16-11)17-13/h6H,2-5,13H2,1H3,(H,15,16,17). The van der Waals surface area contributed by atoms with Crippen LogP contribution in [0.15, 0.2) is 5.38 Å². The number of nitrogen functional groups attached to an aromatic ring is 1. The van der Waals surface area contributed by atoms with Gasteiger partial charge in [-0.25, -0.2) is 20.8 Å². The van der Waals surface area contributed by atoms with Gasteiger partial charge in [-0.3, -0.25) is 0 Å². The Kier molecular flexibility index (Phi) is 2.97. The zero-order chi connectivity index (χ0) is 12.5. The normalized spacial score (nSPS) is 13.7.